The summed E-state index contributed by atoms with van der Waals surface area (Å²) in [4.78, 5) is 28.6. The van der Waals surface area contributed by atoms with Gasteiger partial charge in [0, 0.05) is 25.9 Å². The van der Waals surface area contributed by atoms with E-state index >= 15 is 0 Å². The number of amides is 1. The molecule has 1 atom stereocenters. The SMILES string of the molecule is CCOc1ccccc1C(=O)N1C(C(=O)O)COC12CCN(C)CC2. The van der Waals surface area contributed by atoms with Gasteiger partial charge >= 0.3 is 5.97 Å². The van der Waals surface area contributed by atoms with E-state index in [0.717, 1.165) is 13.1 Å². The summed E-state index contributed by atoms with van der Waals surface area (Å²) >= 11 is 0. The Morgan fingerprint density at radius 1 is 1.32 bits per heavy atom. The Labute approximate surface area is 147 Å². The van der Waals surface area contributed by atoms with E-state index in [2.05, 4.69) is 4.90 Å². The predicted octanol–water partition coefficient (Wildman–Crippen LogP) is 1.43. The van der Waals surface area contributed by atoms with Crippen LogP contribution in [0.5, 0.6) is 5.75 Å². The van der Waals surface area contributed by atoms with Crippen LogP contribution in [-0.4, -0.2) is 71.9 Å². The first-order chi connectivity index (χ1) is 12.0. The number of benzene rings is 1. The van der Waals surface area contributed by atoms with Crippen molar-refractivity contribution in [2.45, 2.75) is 31.5 Å². The van der Waals surface area contributed by atoms with Gasteiger partial charge < -0.3 is 19.5 Å². The zero-order chi connectivity index (χ0) is 18.0. The van der Waals surface area contributed by atoms with E-state index in [-0.39, 0.29) is 12.5 Å². The van der Waals surface area contributed by atoms with Crippen LogP contribution in [0.4, 0.5) is 0 Å². The van der Waals surface area contributed by atoms with Gasteiger partial charge in [-0.2, -0.15) is 0 Å². The molecule has 1 aromatic carbocycles. The summed E-state index contributed by atoms with van der Waals surface area (Å²) < 4.78 is 11.5. The number of likely N-dealkylation sites (tertiary alicyclic amines) is 1. The molecule has 2 heterocycles. The van der Waals surface area contributed by atoms with Gasteiger partial charge in [0.15, 0.2) is 6.04 Å². The smallest absolute Gasteiger partial charge is 0.328 e. The van der Waals surface area contributed by atoms with Gasteiger partial charge in [-0.1, -0.05) is 12.1 Å². The molecule has 2 aliphatic rings. The lowest BCUT2D eigenvalue weighted by Crippen LogP contribution is -2.57. The predicted molar refractivity (Wildman–Crippen MR) is 90.6 cm³/mol. The number of piperidine rings is 1. The van der Waals surface area contributed by atoms with E-state index in [1.807, 2.05) is 14.0 Å². The summed E-state index contributed by atoms with van der Waals surface area (Å²) in [5, 5.41) is 9.60. The molecule has 1 N–H and O–H groups in total. The highest BCUT2D eigenvalue weighted by molar-refractivity contribution is 5.99. The average molecular weight is 348 g/mol. The minimum Gasteiger partial charge on any atom is -0.493 e. The maximum atomic E-state index is 13.3. The van der Waals surface area contributed by atoms with E-state index in [4.69, 9.17) is 9.47 Å². The molecule has 1 aromatic rings. The summed E-state index contributed by atoms with van der Waals surface area (Å²) in [5.74, 6) is -0.925. The van der Waals surface area contributed by atoms with E-state index in [1.54, 1.807) is 24.3 Å². The maximum absolute atomic E-state index is 13.3. The summed E-state index contributed by atoms with van der Waals surface area (Å²) in [6.45, 7) is 3.80. The molecule has 2 fully saturated rings. The van der Waals surface area contributed by atoms with Crippen molar-refractivity contribution in [1.82, 2.24) is 9.80 Å². The molecule has 3 rings (SSSR count). The first-order valence-electron chi connectivity index (χ1n) is 8.59. The Morgan fingerprint density at radius 3 is 2.64 bits per heavy atom. The number of para-hydroxylation sites is 1. The van der Waals surface area contributed by atoms with Gasteiger partial charge in [0.1, 0.15) is 11.5 Å². The molecule has 0 saturated carbocycles. The van der Waals surface area contributed by atoms with Crippen molar-refractivity contribution in [3.63, 3.8) is 0 Å². The number of rotatable bonds is 4. The Bertz CT molecular complexity index is 655. The lowest BCUT2D eigenvalue weighted by Gasteiger charge is -2.43. The molecular weight excluding hydrogens is 324 g/mol. The van der Waals surface area contributed by atoms with Crippen LogP contribution in [0, 0.1) is 0 Å². The molecule has 1 spiro atoms. The first kappa shape index (κ1) is 17.7. The Morgan fingerprint density at radius 2 is 2.00 bits per heavy atom. The number of carboxylic acid groups (broad SMARTS) is 1. The monoisotopic (exact) mass is 348 g/mol. The number of carbonyl (C=O) groups is 2. The molecular formula is C18H24N2O5. The van der Waals surface area contributed by atoms with Crippen LogP contribution < -0.4 is 4.74 Å². The van der Waals surface area contributed by atoms with Gasteiger partial charge in [-0.3, -0.25) is 9.69 Å². The first-order valence-corrected chi connectivity index (χ1v) is 8.59. The van der Waals surface area contributed by atoms with Gasteiger partial charge in [0.2, 0.25) is 0 Å². The molecule has 2 aliphatic heterocycles. The quantitative estimate of drug-likeness (QED) is 0.887. The normalized spacial score (nSPS) is 23.0. The second-order valence-electron chi connectivity index (χ2n) is 6.52. The summed E-state index contributed by atoms with van der Waals surface area (Å²) in [6, 6.07) is 5.97. The molecule has 0 radical (unpaired) electrons. The van der Waals surface area contributed by atoms with Crippen molar-refractivity contribution in [3.8, 4) is 5.75 Å². The molecule has 7 nitrogen and oxygen atoms in total. The van der Waals surface area contributed by atoms with Crippen LogP contribution >= 0.6 is 0 Å². The van der Waals surface area contributed by atoms with Gasteiger partial charge in [0.25, 0.3) is 5.91 Å². The number of carbonyl (C=O) groups excluding carboxylic acids is 1. The lowest BCUT2D eigenvalue weighted by molar-refractivity contribution is -0.143. The minimum atomic E-state index is -1.04. The van der Waals surface area contributed by atoms with E-state index < -0.39 is 17.7 Å². The minimum absolute atomic E-state index is 0.0155. The Balaban J connectivity index is 1.97. The zero-order valence-corrected chi connectivity index (χ0v) is 14.6. The standard InChI is InChI=1S/C18H24N2O5/c1-3-24-15-7-5-4-6-13(15)16(21)20-14(17(22)23)12-25-18(20)8-10-19(2)11-9-18/h4-7,14H,3,8-12H2,1-2H3,(H,22,23). The third kappa shape index (κ3) is 3.21. The molecule has 2 saturated heterocycles. The maximum Gasteiger partial charge on any atom is 0.328 e. The Kier molecular flexibility index (Phi) is 4.96. The van der Waals surface area contributed by atoms with Crippen LogP contribution in [0.3, 0.4) is 0 Å². The lowest BCUT2D eigenvalue weighted by atomic mass is 9.97. The number of hydrogen-bond acceptors (Lipinski definition) is 5. The van der Waals surface area contributed by atoms with E-state index in [0.29, 0.717) is 30.8 Å². The van der Waals surface area contributed by atoms with Crippen molar-refractivity contribution in [2.75, 3.05) is 33.4 Å². The summed E-state index contributed by atoms with van der Waals surface area (Å²) in [6.07, 6.45) is 1.19. The van der Waals surface area contributed by atoms with Crippen molar-refractivity contribution < 1.29 is 24.2 Å². The zero-order valence-electron chi connectivity index (χ0n) is 14.6. The number of nitrogens with zero attached hydrogens (tertiary/aromatic N) is 2. The highest BCUT2D eigenvalue weighted by Gasteiger charge is 2.54. The molecule has 0 aromatic heterocycles. The highest BCUT2D eigenvalue weighted by atomic mass is 16.5. The molecule has 0 aliphatic carbocycles. The van der Waals surface area contributed by atoms with Gasteiger partial charge in [-0.25, -0.2) is 4.79 Å². The number of carboxylic acids is 1. The van der Waals surface area contributed by atoms with Crippen LogP contribution in [-0.2, 0) is 9.53 Å². The topological polar surface area (TPSA) is 79.3 Å². The molecule has 7 heteroatoms. The third-order valence-electron chi connectivity index (χ3n) is 4.95. The second-order valence-corrected chi connectivity index (χ2v) is 6.52. The fraction of sp³-hybridized carbons (Fsp3) is 0.556. The van der Waals surface area contributed by atoms with Gasteiger partial charge in [-0.05, 0) is 26.1 Å². The van der Waals surface area contributed by atoms with Crippen LogP contribution in [0.25, 0.3) is 0 Å². The molecule has 1 amide bonds. The molecule has 25 heavy (non-hydrogen) atoms. The van der Waals surface area contributed by atoms with Crippen molar-refractivity contribution >= 4 is 11.9 Å². The number of hydrogen-bond donors (Lipinski definition) is 1. The van der Waals surface area contributed by atoms with E-state index in [9.17, 15) is 14.7 Å². The van der Waals surface area contributed by atoms with Crippen molar-refractivity contribution in [3.05, 3.63) is 29.8 Å². The van der Waals surface area contributed by atoms with E-state index in [1.165, 1.54) is 4.90 Å². The summed E-state index contributed by atoms with van der Waals surface area (Å²) in [7, 11) is 2.01. The fourth-order valence-corrected chi connectivity index (χ4v) is 3.58. The van der Waals surface area contributed by atoms with Crippen LogP contribution in [0.2, 0.25) is 0 Å². The van der Waals surface area contributed by atoms with Crippen LogP contribution in [0.1, 0.15) is 30.1 Å². The average Bonchev–Trinajstić information content (AvgIpc) is 2.97. The molecule has 1 unspecified atom stereocenters. The van der Waals surface area contributed by atoms with Crippen molar-refractivity contribution in [1.29, 1.82) is 0 Å². The van der Waals surface area contributed by atoms with Crippen molar-refractivity contribution in [2.24, 2.45) is 0 Å². The van der Waals surface area contributed by atoms with Crippen LogP contribution in [0.15, 0.2) is 24.3 Å². The largest absolute Gasteiger partial charge is 0.493 e. The highest BCUT2D eigenvalue weighted by Crippen LogP contribution is 2.39. The fourth-order valence-electron chi connectivity index (χ4n) is 3.58. The number of ether oxygens (including phenoxy) is 2. The third-order valence-corrected chi connectivity index (χ3v) is 4.95. The van der Waals surface area contributed by atoms with Gasteiger partial charge in [0.05, 0.1) is 18.8 Å². The van der Waals surface area contributed by atoms with Gasteiger partial charge in [-0.15, -0.1) is 0 Å². The molecule has 136 valence electrons. The number of aliphatic carboxylic acids is 1. The molecule has 0 bridgehead atoms. The second kappa shape index (κ2) is 7.01. The Hall–Kier alpha value is -2.12. The summed E-state index contributed by atoms with van der Waals surface area (Å²) in [5.41, 5.74) is -0.481.